The molecule has 2 aromatic rings. The van der Waals surface area contributed by atoms with Crippen LogP contribution < -0.4 is 5.32 Å². The number of amides is 1. The lowest BCUT2D eigenvalue weighted by Gasteiger charge is -2.33. The summed E-state index contributed by atoms with van der Waals surface area (Å²) in [6.07, 6.45) is 0. The summed E-state index contributed by atoms with van der Waals surface area (Å²) in [6.45, 7) is 3.45. The van der Waals surface area contributed by atoms with Crippen LogP contribution in [-0.2, 0) is 14.8 Å². The predicted molar refractivity (Wildman–Crippen MR) is 102 cm³/mol. The fourth-order valence-electron chi connectivity index (χ4n) is 3.02. The minimum absolute atomic E-state index is 0.0553. The second-order valence-electron chi connectivity index (χ2n) is 6.42. The van der Waals surface area contributed by atoms with Crippen molar-refractivity contribution in [1.82, 2.24) is 14.5 Å². The number of rotatable bonds is 6. The third kappa shape index (κ3) is 4.73. The highest BCUT2D eigenvalue weighted by molar-refractivity contribution is 7.89. The van der Waals surface area contributed by atoms with Gasteiger partial charge >= 0.3 is 0 Å². The fraction of sp³-hybridized carbons (Fsp3) is 0.389. The van der Waals surface area contributed by atoms with Gasteiger partial charge in [0.05, 0.1) is 12.6 Å². The highest BCUT2D eigenvalue weighted by Gasteiger charge is 2.30. The molecule has 0 unspecified atom stereocenters. The Labute approximate surface area is 162 Å². The topological polar surface area (TPSA) is 69.7 Å². The molecule has 9 heteroatoms. The van der Waals surface area contributed by atoms with Crippen LogP contribution in [0.5, 0.6) is 0 Å². The lowest BCUT2D eigenvalue weighted by atomic mass is 10.2. The number of hydrogen-bond donors (Lipinski definition) is 1. The van der Waals surface area contributed by atoms with Crippen molar-refractivity contribution in [2.75, 3.05) is 32.7 Å². The Morgan fingerprint density at radius 2 is 1.89 bits per heavy atom. The van der Waals surface area contributed by atoms with Crippen LogP contribution in [0.1, 0.15) is 17.8 Å². The Hall–Kier alpha value is -1.81. The molecule has 1 aliphatic heterocycles. The van der Waals surface area contributed by atoms with E-state index in [0.717, 1.165) is 10.9 Å². The number of sulfonamides is 1. The van der Waals surface area contributed by atoms with E-state index in [2.05, 4.69) is 5.32 Å². The number of carbonyl (C=O) groups excluding carboxylic acids is 1. The van der Waals surface area contributed by atoms with E-state index in [4.69, 9.17) is 0 Å². The monoisotopic (exact) mass is 411 g/mol. The van der Waals surface area contributed by atoms with Gasteiger partial charge in [-0.2, -0.15) is 4.31 Å². The number of thiophene rings is 1. The van der Waals surface area contributed by atoms with E-state index < -0.39 is 15.8 Å². The van der Waals surface area contributed by atoms with Crippen molar-refractivity contribution in [2.45, 2.75) is 17.9 Å². The molecule has 3 rings (SSSR count). The van der Waals surface area contributed by atoms with Crippen molar-refractivity contribution in [3.05, 3.63) is 52.5 Å². The maximum Gasteiger partial charge on any atom is 0.246 e. The van der Waals surface area contributed by atoms with E-state index in [1.54, 1.807) is 11.3 Å². The fourth-order valence-corrected chi connectivity index (χ4v) is 5.24. The number of hydrogen-bond acceptors (Lipinski definition) is 5. The van der Waals surface area contributed by atoms with Gasteiger partial charge in [0.1, 0.15) is 10.7 Å². The summed E-state index contributed by atoms with van der Waals surface area (Å²) >= 11 is 1.59. The average Bonchev–Trinajstić information content (AvgIpc) is 3.17. The van der Waals surface area contributed by atoms with Gasteiger partial charge in [-0.05, 0) is 30.5 Å². The Kier molecular flexibility index (Phi) is 6.25. The zero-order valence-electron chi connectivity index (χ0n) is 15.0. The van der Waals surface area contributed by atoms with E-state index in [0.29, 0.717) is 13.1 Å². The quantitative estimate of drug-likeness (QED) is 0.790. The highest BCUT2D eigenvalue weighted by Crippen LogP contribution is 2.21. The lowest BCUT2D eigenvalue weighted by Crippen LogP contribution is -2.51. The standard InChI is InChI=1S/C18H22FN3O3S2/c1-14(16-6-4-12-26-16)20-18(23)13-21-8-10-22(11-9-21)27(24,25)17-7-3-2-5-15(17)19/h2-7,12,14H,8-11,13H2,1H3,(H,20,23)/t14-/m0/s1. The maximum atomic E-state index is 13.9. The number of carbonyl (C=O) groups is 1. The predicted octanol–water partition coefficient (Wildman–Crippen LogP) is 2.07. The Balaban J connectivity index is 1.53. The number of piperazine rings is 1. The van der Waals surface area contributed by atoms with Crippen molar-refractivity contribution in [3.63, 3.8) is 0 Å². The number of nitrogens with zero attached hydrogens (tertiary/aromatic N) is 2. The summed E-state index contributed by atoms with van der Waals surface area (Å²) in [5.74, 6) is -0.844. The summed E-state index contributed by atoms with van der Waals surface area (Å²) in [6, 6.07) is 9.24. The van der Waals surface area contributed by atoms with Crippen LogP contribution in [-0.4, -0.2) is 56.3 Å². The van der Waals surface area contributed by atoms with Crippen molar-refractivity contribution >= 4 is 27.3 Å². The second-order valence-corrected chi connectivity index (χ2v) is 9.30. The van der Waals surface area contributed by atoms with Crippen LogP contribution in [0.3, 0.4) is 0 Å². The summed E-state index contributed by atoms with van der Waals surface area (Å²) in [5.41, 5.74) is 0. The Morgan fingerprint density at radius 3 is 2.52 bits per heavy atom. The van der Waals surface area contributed by atoms with E-state index in [1.165, 1.54) is 22.5 Å². The van der Waals surface area contributed by atoms with Gasteiger partial charge in [0.15, 0.2) is 0 Å². The van der Waals surface area contributed by atoms with Gasteiger partial charge in [-0.1, -0.05) is 18.2 Å². The van der Waals surface area contributed by atoms with Crippen LogP contribution in [0, 0.1) is 5.82 Å². The first-order valence-corrected chi connectivity index (χ1v) is 11.0. The highest BCUT2D eigenvalue weighted by atomic mass is 32.2. The van der Waals surface area contributed by atoms with Crippen molar-refractivity contribution in [1.29, 1.82) is 0 Å². The Bertz CT molecular complexity index is 879. The van der Waals surface area contributed by atoms with Crippen LogP contribution in [0.15, 0.2) is 46.7 Å². The third-order valence-corrected chi connectivity index (χ3v) is 7.49. The smallest absolute Gasteiger partial charge is 0.246 e. The molecule has 1 saturated heterocycles. The first-order chi connectivity index (χ1) is 12.9. The van der Waals surface area contributed by atoms with Crippen LogP contribution in [0.4, 0.5) is 4.39 Å². The van der Waals surface area contributed by atoms with E-state index in [1.807, 2.05) is 29.3 Å². The maximum absolute atomic E-state index is 13.9. The molecule has 0 bridgehead atoms. The SMILES string of the molecule is C[C@H](NC(=O)CN1CCN(S(=O)(=O)c2ccccc2F)CC1)c1cccs1. The van der Waals surface area contributed by atoms with E-state index >= 15 is 0 Å². The Morgan fingerprint density at radius 1 is 1.19 bits per heavy atom. The molecule has 6 nitrogen and oxygen atoms in total. The van der Waals surface area contributed by atoms with E-state index in [-0.39, 0.29) is 36.5 Å². The zero-order valence-corrected chi connectivity index (χ0v) is 16.6. The molecule has 0 aliphatic carbocycles. The zero-order chi connectivity index (χ0) is 19.4. The summed E-state index contributed by atoms with van der Waals surface area (Å²) in [4.78, 5) is 14.9. The van der Waals surface area contributed by atoms with Crippen molar-refractivity contribution < 1.29 is 17.6 Å². The van der Waals surface area contributed by atoms with Gasteiger partial charge < -0.3 is 5.32 Å². The molecule has 2 heterocycles. The van der Waals surface area contributed by atoms with Crippen LogP contribution in [0.25, 0.3) is 0 Å². The summed E-state index contributed by atoms with van der Waals surface area (Å²) in [7, 11) is -3.86. The molecule has 0 radical (unpaired) electrons. The third-order valence-electron chi connectivity index (χ3n) is 4.50. The molecule has 1 N–H and O–H groups in total. The molecule has 27 heavy (non-hydrogen) atoms. The molecular formula is C18H22FN3O3S2. The minimum Gasteiger partial charge on any atom is -0.348 e. The van der Waals surface area contributed by atoms with Crippen molar-refractivity contribution in [2.24, 2.45) is 0 Å². The minimum atomic E-state index is -3.86. The summed E-state index contributed by atoms with van der Waals surface area (Å²) < 4.78 is 40.3. The number of nitrogens with one attached hydrogen (secondary N) is 1. The molecule has 1 aromatic heterocycles. The molecule has 1 amide bonds. The molecule has 146 valence electrons. The van der Waals surface area contributed by atoms with Gasteiger partial charge in [0.25, 0.3) is 0 Å². The van der Waals surface area contributed by atoms with Gasteiger partial charge in [0, 0.05) is 31.1 Å². The van der Waals surface area contributed by atoms with Gasteiger partial charge in [-0.15, -0.1) is 11.3 Å². The second kappa shape index (κ2) is 8.47. The molecular weight excluding hydrogens is 389 g/mol. The molecule has 1 aliphatic rings. The van der Waals surface area contributed by atoms with Crippen LogP contribution >= 0.6 is 11.3 Å². The molecule has 0 spiro atoms. The first-order valence-electron chi connectivity index (χ1n) is 8.68. The normalized spacial score (nSPS) is 17.6. The van der Waals surface area contributed by atoms with Gasteiger partial charge in [0.2, 0.25) is 15.9 Å². The largest absolute Gasteiger partial charge is 0.348 e. The van der Waals surface area contributed by atoms with Crippen molar-refractivity contribution in [3.8, 4) is 0 Å². The molecule has 1 aromatic carbocycles. The first kappa shape index (κ1) is 19.9. The number of benzene rings is 1. The van der Waals surface area contributed by atoms with Gasteiger partial charge in [-0.3, -0.25) is 9.69 Å². The average molecular weight is 412 g/mol. The summed E-state index contributed by atoms with van der Waals surface area (Å²) in [5, 5.41) is 4.92. The molecule has 1 atom stereocenters. The lowest BCUT2D eigenvalue weighted by molar-refractivity contribution is -0.123. The molecule has 0 saturated carbocycles. The number of halogens is 1. The van der Waals surface area contributed by atoms with Gasteiger partial charge in [-0.25, -0.2) is 12.8 Å². The van der Waals surface area contributed by atoms with Crippen LogP contribution in [0.2, 0.25) is 0 Å². The molecule has 1 fully saturated rings. The van der Waals surface area contributed by atoms with E-state index in [9.17, 15) is 17.6 Å².